The van der Waals surface area contributed by atoms with E-state index in [9.17, 15) is 9.59 Å². The maximum atomic E-state index is 12.4. The molecule has 2 aromatic rings. The summed E-state index contributed by atoms with van der Waals surface area (Å²) in [6.07, 6.45) is 1.22. The third-order valence-corrected chi connectivity index (χ3v) is 4.78. The fraction of sp³-hybridized carbons (Fsp3) is 0.333. The number of carbonyl (C=O) groups is 2. The van der Waals surface area contributed by atoms with Crippen LogP contribution in [0.5, 0.6) is 5.75 Å². The molecule has 1 fully saturated rings. The van der Waals surface area contributed by atoms with Gasteiger partial charge in [0.15, 0.2) is 0 Å². The van der Waals surface area contributed by atoms with Crippen molar-refractivity contribution in [3.63, 3.8) is 0 Å². The molecule has 0 aliphatic carbocycles. The van der Waals surface area contributed by atoms with Gasteiger partial charge >= 0.3 is 0 Å². The monoisotopic (exact) mass is 352 g/mol. The Bertz CT molecular complexity index is 769. The molecule has 1 aliphatic rings. The Morgan fingerprint density at radius 2 is 1.77 bits per heavy atom. The Hall–Kier alpha value is -2.82. The number of ether oxygens (including phenoxy) is 1. The van der Waals surface area contributed by atoms with E-state index >= 15 is 0 Å². The molecule has 0 radical (unpaired) electrons. The number of hydrogen-bond acceptors (Lipinski definition) is 3. The average molecular weight is 352 g/mol. The Labute approximate surface area is 154 Å². The summed E-state index contributed by atoms with van der Waals surface area (Å²) in [5.74, 6) is 0.387. The zero-order chi connectivity index (χ0) is 18.5. The van der Waals surface area contributed by atoms with Crippen molar-refractivity contribution in [1.82, 2.24) is 5.32 Å². The molecule has 0 spiro atoms. The lowest BCUT2D eigenvalue weighted by molar-refractivity contribution is -0.126. The van der Waals surface area contributed by atoms with Gasteiger partial charge in [0, 0.05) is 25.2 Å². The summed E-state index contributed by atoms with van der Waals surface area (Å²) in [4.78, 5) is 26.5. The van der Waals surface area contributed by atoms with Gasteiger partial charge in [-0.15, -0.1) is 0 Å². The van der Waals surface area contributed by atoms with Crippen molar-refractivity contribution in [2.45, 2.75) is 26.3 Å². The lowest BCUT2D eigenvalue weighted by atomic mass is 10.1. The lowest BCUT2D eigenvalue weighted by Crippen LogP contribution is -2.32. The minimum absolute atomic E-state index is 0.00107. The molecule has 0 saturated carbocycles. The smallest absolute Gasteiger partial charge is 0.227 e. The number of methoxy groups -OCH3 is 1. The first-order valence-electron chi connectivity index (χ1n) is 8.90. The highest BCUT2D eigenvalue weighted by molar-refractivity contribution is 6.00. The summed E-state index contributed by atoms with van der Waals surface area (Å²) in [7, 11) is 1.62. The van der Waals surface area contributed by atoms with E-state index in [-0.39, 0.29) is 24.2 Å². The number of nitrogens with one attached hydrogen (secondary N) is 1. The van der Waals surface area contributed by atoms with Crippen molar-refractivity contribution in [2.75, 3.05) is 18.6 Å². The zero-order valence-electron chi connectivity index (χ0n) is 15.2. The van der Waals surface area contributed by atoms with Gasteiger partial charge in [-0.05, 0) is 41.8 Å². The molecule has 5 nitrogen and oxygen atoms in total. The van der Waals surface area contributed by atoms with E-state index in [4.69, 9.17) is 4.74 Å². The van der Waals surface area contributed by atoms with Crippen LogP contribution in [0.15, 0.2) is 48.5 Å². The Kier molecular flexibility index (Phi) is 5.56. The normalized spacial score (nSPS) is 16.6. The van der Waals surface area contributed by atoms with Crippen LogP contribution in [0.3, 0.4) is 0 Å². The molecule has 0 unspecified atom stereocenters. The van der Waals surface area contributed by atoms with Crippen molar-refractivity contribution in [1.29, 1.82) is 0 Å². The lowest BCUT2D eigenvalue weighted by Gasteiger charge is -2.17. The molecule has 0 aromatic heterocycles. The minimum Gasteiger partial charge on any atom is -0.497 e. The molecule has 1 N–H and O–H groups in total. The van der Waals surface area contributed by atoms with Gasteiger partial charge in [0.1, 0.15) is 5.75 Å². The summed E-state index contributed by atoms with van der Waals surface area (Å²) in [6.45, 7) is 2.97. The first kappa shape index (κ1) is 18.0. The predicted octanol–water partition coefficient (Wildman–Crippen LogP) is 2.93. The van der Waals surface area contributed by atoms with E-state index in [1.165, 1.54) is 5.56 Å². The van der Waals surface area contributed by atoms with Gasteiger partial charge in [0.2, 0.25) is 11.8 Å². The summed E-state index contributed by atoms with van der Waals surface area (Å²) in [5.41, 5.74) is 3.09. The maximum absolute atomic E-state index is 12.4. The molecular weight excluding hydrogens is 328 g/mol. The molecule has 2 amide bonds. The third-order valence-electron chi connectivity index (χ3n) is 4.78. The third kappa shape index (κ3) is 4.04. The van der Waals surface area contributed by atoms with E-state index < -0.39 is 0 Å². The largest absolute Gasteiger partial charge is 0.497 e. The Morgan fingerprint density at radius 1 is 1.12 bits per heavy atom. The topological polar surface area (TPSA) is 58.6 Å². The number of nitrogens with zero attached hydrogens (tertiary/aromatic N) is 1. The van der Waals surface area contributed by atoms with Crippen LogP contribution in [-0.4, -0.2) is 25.5 Å². The van der Waals surface area contributed by atoms with Gasteiger partial charge in [0.05, 0.1) is 13.0 Å². The van der Waals surface area contributed by atoms with Crippen molar-refractivity contribution >= 4 is 17.5 Å². The van der Waals surface area contributed by atoms with Gasteiger partial charge in [-0.3, -0.25) is 9.59 Å². The van der Waals surface area contributed by atoms with Crippen LogP contribution < -0.4 is 15.0 Å². The SMILES string of the molecule is CCc1ccc(N2C[C@H](C(=O)NCc3ccc(OC)cc3)CC2=O)cc1. The fourth-order valence-corrected chi connectivity index (χ4v) is 3.12. The van der Waals surface area contributed by atoms with Gasteiger partial charge in [-0.25, -0.2) is 0 Å². The standard InChI is InChI=1S/C21H24N2O3/c1-3-15-4-8-18(9-5-15)23-14-17(12-20(23)24)21(25)22-13-16-6-10-19(26-2)11-7-16/h4-11,17H,3,12-14H2,1-2H3,(H,22,25)/t17-/m1/s1. The first-order valence-corrected chi connectivity index (χ1v) is 8.90. The molecule has 1 heterocycles. The second kappa shape index (κ2) is 8.04. The average Bonchev–Trinajstić information content (AvgIpc) is 3.08. The highest BCUT2D eigenvalue weighted by Gasteiger charge is 2.34. The summed E-state index contributed by atoms with van der Waals surface area (Å²) in [5, 5.41) is 2.93. The molecule has 136 valence electrons. The van der Waals surface area contributed by atoms with Crippen LogP contribution in [-0.2, 0) is 22.6 Å². The van der Waals surface area contributed by atoms with E-state index in [1.807, 2.05) is 48.5 Å². The second-order valence-corrected chi connectivity index (χ2v) is 6.49. The number of carbonyl (C=O) groups excluding carboxylic acids is 2. The maximum Gasteiger partial charge on any atom is 0.227 e. The number of anilines is 1. The van der Waals surface area contributed by atoms with Crippen LogP contribution in [0, 0.1) is 5.92 Å². The summed E-state index contributed by atoms with van der Waals surface area (Å²) in [6, 6.07) is 15.5. The zero-order valence-corrected chi connectivity index (χ0v) is 15.2. The van der Waals surface area contributed by atoms with Crippen molar-refractivity contribution in [3.05, 3.63) is 59.7 Å². The van der Waals surface area contributed by atoms with Gasteiger partial charge in [-0.1, -0.05) is 31.2 Å². The molecule has 0 bridgehead atoms. The Morgan fingerprint density at radius 3 is 2.38 bits per heavy atom. The van der Waals surface area contributed by atoms with Crippen LogP contribution >= 0.6 is 0 Å². The molecule has 26 heavy (non-hydrogen) atoms. The first-order chi connectivity index (χ1) is 12.6. The van der Waals surface area contributed by atoms with Crippen LogP contribution in [0.1, 0.15) is 24.5 Å². The van der Waals surface area contributed by atoms with Crippen molar-refractivity contribution < 1.29 is 14.3 Å². The number of aryl methyl sites for hydroxylation is 1. The van der Waals surface area contributed by atoms with Gasteiger partial charge in [-0.2, -0.15) is 0 Å². The van der Waals surface area contributed by atoms with Gasteiger partial charge < -0.3 is 15.0 Å². The van der Waals surface area contributed by atoms with E-state index in [2.05, 4.69) is 12.2 Å². The van der Waals surface area contributed by atoms with E-state index in [0.717, 1.165) is 23.4 Å². The van der Waals surface area contributed by atoms with Crippen LogP contribution in [0.2, 0.25) is 0 Å². The highest BCUT2D eigenvalue weighted by Crippen LogP contribution is 2.25. The molecule has 1 aliphatic heterocycles. The minimum atomic E-state index is -0.313. The number of benzene rings is 2. The quantitative estimate of drug-likeness (QED) is 0.870. The number of hydrogen-bond donors (Lipinski definition) is 1. The summed E-state index contributed by atoms with van der Waals surface area (Å²) < 4.78 is 5.13. The molecular formula is C21H24N2O3. The van der Waals surface area contributed by atoms with Crippen LogP contribution in [0.4, 0.5) is 5.69 Å². The van der Waals surface area contributed by atoms with Crippen molar-refractivity contribution in [3.8, 4) is 5.75 Å². The highest BCUT2D eigenvalue weighted by atomic mass is 16.5. The second-order valence-electron chi connectivity index (χ2n) is 6.49. The Balaban J connectivity index is 1.57. The van der Waals surface area contributed by atoms with E-state index in [1.54, 1.807) is 12.0 Å². The number of rotatable bonds is 6. The molecule has 1 atom stereocenters. The fourth-order valence-electron chi connectivity index (χ4n) is 3.12. The molecule has 5 heteroatoms. The molecule has 2 aromatic carbocycles. The van der Waals surface area contributed by atoms with Crippen LogP contribution in [0.25, 0.3) is 0 Å². The van der Waals surface area contributed by atoms with Crippen molar-refractivity contribution in [2.24, 2.45) is 5.92 Å². The van der Waals surface area contributed by atoms with E-state index in [0.29, 0.717) is 13.1 Å². The predicted molar refractivity (Wildman–Crippen MR) is 101 cm³/mol. The summed E-state index contributed by atoms with van der Waals surface area (Å²) >= 11 is 0. The van der Waals surface area contributed by atoms with Gasteiger partial charge in [0.25, 0.3) is 0 Å². The number of amides is 2. The molecule has 1 saturated heterocycles. The molecule has 3 rings (SSSR count).